The van der Waals surface area contributed by atoms with E-state index in [2.05, 4.69) is 34.6 Å². The van der Waals surface area contributed by atoms with Crippen LogP contribution in [-0.4, -0.2) is 48.1 Å². The third-order valence-electron chi connectivity index (χ3n) is 3.65. The summed E-state index contributed by atoms with van der Waals surface area (Å²) in [5, 5.41) is 10.4. The molecule has 0 saturated heterocycles. The highest BCUT2D eigenvalue weighted by Gasteiger charge is 2.10. The lowest BCUT2D eigenvalue weighted by Gasteiger charge is -2.19. The predicted octanol–water partition coefficient (Wildman–Crippen LogP) is 2.11. The van der Waals surface area contributed by atoms with E-state index in [0.717, 1.165) is 31.1 Å². The van der Waals surface area contributed by atoms with Crippen molar-refractivity contribution in [1.82, 2.24) is 20.7 Å². The molecule has 0 aliphatic carbocycles. The lowest BCUT2D eigenvalue weighted by molar-refractivity contribution is -0.130. The van der Waals surface area contributed by atoms with E-state index in [1.54, 1.807) is 0 Å². The molecular weight excluding hydrogens is 306 g/mol. The summed E-state index contributed by atoms with van der Waals surface area (Å²) >= 11 is 0. The molecule has 1 amide bonds. The molecule has 0 aliphatic heterocycles. The van der Waals surface area contributed by atoms with E-state index in [9.17, 15) is 4.79 Å². The standard InChI is InChI=1S/C17H31N5O2/c1-6-18-17(19-10-9-16(23)22(7-2)8-3)20-12-14-11-15(13(4)5)21-24-14/h11,13H,6-10,12H2,1-5H3,(H2,18,19,20). The molecule has 136 valence electrons. The summed E-state index contributed by atoms with van der Waals surface area (Å²) in [7, 11) is 0. The van der Waals surface area contributed by atoms with Gasteiger partial charge in [0, 0.05) is 38.7 Å². The highest BCUT2D eigenvalue weighted by Crippen LogP contribution is 2.14. The number of hydrogen-bond donors (Lipinski definition) is 2. The molecule has 0 radical (unpaired) electrons. The van der Waals surface area contributed by atoms with Gasteiger partial charge in [0.15, 0.2) is 11.7 Å². The van der Waals surface area contributed by atoms with Gasteiger partial charge in [-0.2, -0.15) is 0 Å². The van der Waals surface area contributed by atoms with Crippen LogP contribution < -0.4 is 10.6 Å². The van der Waals surface area contributed by atoms with Crippen LogP contribution in [0.1, 0.15) is 58.4 Å². The van der Waals surface area contributed by atoms with Crippen LogP contribution in [0.4, 0.5) is 0 Å². The van der Waals surface area contributed by atoms with Crippen LogP contribution in [-0.2, 0) is 11.3 Å². The fourth-order valence-electron chi connectivity index (χ4n) is 2.20. The molecule has 1 aromatic heterocycles. The Kier molecular flexibility index (Phi) is 8.89. The van der Waals surface area contributed by atoms with Gasteiger partial charge in [-0.25, -0.2) is 4.99 Å². The minimum Gasteiger partial charge on any atom is -0.359 e. The number of carbonyl (C=O) groups excluding carboxylic acids is 1. The summed E-state index contributed by atoms with van der Waals surface area (Å²) in [4.78, 5) is 18.3. The molecule has 0 aromatic carbocycles. The first-order valence-corrected chi connectivity index (χ1v) is 8.77. The number of hydrogen-bond acceptors (Lipinski definition) is 4. The molecule has 7 nitrogen and oxygen atoms in total. The Morgan fingerprint density at radius 2 is 2.00 bits per heavy atom. The number of nitrogens with one attached hydrogen (secondary N) is 2. The van der Waals surface area contributed by atoms with Gasteiger partial charge >= 0.3 is 0 Å². The molecule has 1 heterocycles. The molecule has 2 N–H and O–H groups in total. The van der Waals surface area contributed by atoms with Crippen LogP contribution in [0.5, 0.6) is 0 Å². The van der Waals surface area contributed by atoms with Crippen molar-refractivity contribution in [3.63, 3.8) is 0 Å². The Hall–Kier alpha value is -2.05. The van der Waals surface area contributed by atoms with Crippen molar-refractivity contribution in [1.29, 1.82) is 0 Å². The van der Waals surface area contributed by atoms with Crippen LogP contribution in [0, 0.1) is 0 Å². The minimum atomic E-state index is 0.153. The summed E-state index contributed by atoms with van der Waals surface area (Å²) in [5.74, 6) is 1.89. The van der Waals surface area contributed by atoms with Crippen molar-refractivity contribution in [2.45, 2.75) is 53.5 Å². The highest BCUT2D eigenvalue weighted by atomic mass is 16.5. The van der Waals surface area contributed by atoms with Crippen LogP contribution >= 0.6 is 0 Å². The van der Waals surface area contributed by atoms with Gasteiger partial charge < -0.3 is 20.1 Å². The fraction of sp³-hybridized carbons (Fsp3) is 0.706. The second-order valence-corrected chi connectivity index (χ2v) is 5.81. The predicted molar refractivity (Wildman–Crippen MR) is 96.0 cm³/mol. The molecular formula is C17H31N5O2. The molecule has 0 saturated carbocycles. The van der Waals surface area contributed by atoms with Crippen LogP contribution in [0.2, 0.25) is 0 Å². The van der Waals surface area contributed by atoms with Crippen LogP contribution in [0.3, 0.4) is 0 Å². The number of nitrogens with zero attached hydrogens (tertiary/aromatic N) is 3. The summed E-state index contributed by atoms with van der Waals surface area (Å²) < 4.78 is 5.28. The Labute approximate surface area is 144 Å². The number of amides is 1. The second kappa shape index (κ2) is 10.7. The quantitative estimate of drug-likeness (QED) is 0.533. The first kappa shape index (κ1) is 20.0. The summed E-state index contributed by atoms with van der Waals surface area (Å²) in [6, 6.07) is 1.93. The number of carbonyl (C=O) groups is 1. The summed E-state index contributed by atoms with van der Waals surface area (Å²) in [6.45, 7) is 13.3. The van der Waals surface area contributed by atoms with E-state index in [1.807, 2.05) is 31.7 Å². The van der Waals surface area contributed by atoms with E-state index in [-0.39, 0.29) is 5.91 Å². The van der Waals surface area contributed by atoms with Gasteiger partial charge in [-0.1, -0.05) is 19.0 Å². The van der Waals surface area contributed by atoms with Crippen molar-refractivity contribution in [3.8, 4) is 0 Å². The van der Waals surface area contributed by atoms with Gasteiger partial charge in [0.1, 0.15) is 6.54 Å². The number of guanidine groups is 1. The lowest BCUT2D eigenvalue weighted by atomic mass is 10.1. The normalized spacial score (nSPS) is 11.7. The topological polar surface area (TPSA) is 82.8 Å². The van der Waals surface area contributed by atoms with Crippen LogP contribution in [0.25, 0.3) is 0 Å². The van der Waals surface area contributed by atoms with Gasteiger partial charge in [0.2, 0.25) is 5.91 Å². The summed E-state index contributed by atoms with van der Waals surface area (Å²) in [5.41, 5.74) is 0.933. The number of aromatic nitrogens is 1. The molecule has 7 heteroatoms. The van der Waals surface area contributed by atoms with Gasteiger partial charge in [0.05, 0.1) is 5.69 Å². The third kappa shape index (κ3) is 6.60. The fourth-order valence-corrected chi connectivity index (χ4v) is 2.20. The van der Waals surface area contributed by atoms with E-state index >= 15 is 0 Å². The van der Waals surface area contributed by atoms with E-state index in [4.69, 9.17) is 4.52 Å². The van der Waals surface area contributed by atoms with Crippen molar-refractivity contribution in [2.75, 3.05) is 26.2 Å². The molecule has 1 aromatic rings. The van der Waals surface area contributed by atoms with Gasteiger partial charge in [0.25, 0.3) is 0 Å². The number of aliphatic imine (C=N–C) groups is 1. The van der Waals surface area contributed by atoms with Crippen LogP contribution in [0.15, 0.2) is 15.6 Å². The smallest absolute Gasteiger partial charge is 0.224 e. The largest absolute Gasteiger partial charge is 0.359 e. The maximum atomic E-state index is 12.0. The summed E-state index contributed by atoms with van der Waals surface area (Å²) in [6.07, 6.45) is 0.450. The highest BCUT2D eigenvalue weighted by molar-refractivity contribution is 5.81. The third-order valence-corrected chi connectivity index (χ3v) is 3.65. The lowest BCUT2D eigenvalue weighted by Crippen LogP contribution is -2.40. The first-order chi connectivity index (χ1) is 11.5. The molecule has 0 bridgehead atoms. The average molecular weight is 337 g/mol. The molecule has 0 spiro atoms. The maximum absolute atomic E-state index is 12.0. The Morgan fingerprint density at radius 3 is 2.54 bits per heavy atom. The molecule has 0 aliphatic rings. The molecule has 0 unspecified atom stereocenters. The Balaban J connectivity index is 2.51. The molecule has 24 heavy (non-hydrogen) atoms. The van der Waals surface area contributed by atoms with Gasteiger partial charge in [-0.05, 0) is 26.7 Å². The second-order valence-electron chi connectivity index (χ2n) is 5.81. The zero-order valence-corrected chi connectivity index (χ0v) is 15.6. The van der Waals surface area contributed by atoms with Crippen molar-refractivity contribution in [3.05, 3.63) is 17.5 Å². The minimum absolute atomic E-state index is 0.153. The molecule has 0 atom stereocenters. The zero-order chi connectivity index (χ0) is 17.9. The Morgan fingerprint density at radius 1 is 1.29 bits per heavy atom. The maximum Gasteiger partial charge on any atom is 0.224 e. The molecule has 1 rings (SSSR count). The molecule has 0 fully saturated rings. The first-order valence-electron chi connectivity index (χ1n) is 8.77. The monoisotopic (exact) mass is 337 g/mol. The zero-order valence-electron chi connectivity index (χ0n) is 15.6. The van der Waals surface area contributed by atoms with Crippen molar-refractivity contribution >= 4 is 11.9 Å². The van der Waals surface area contributed by atoms with Gasteiger partial charge in [-0.3, -0.25) is 4.79 Å². The SMILES string of the molecule is CCNC(=NCc1cc(C(C)C)no1)NCCC(=O)N(CC)CC. The van der Waals surface area contributed by atoms with Gasteiger partial charge in [-0.15, -0.1) is 0 Å². The average Bonchev–Trinajstić information content (AvgIpc) is 3.03. The number of rotatable bonds is 9. The van der Waals surface area contributed by atoms with E-state index in [0.29, 0.717) is 31.4 Å². The van der Waals surface area contributed by atoms with E-state index in [1.165, 1.54) is 0 Å². The Bertz CT molecular complexity index is 521. The van der Waals surface area contributed by atoms with E-state index < -0.39 is 0 Å². The van der Waals surface area contributed by atoms with Crippen molar-refractivity contribution in [2.24, 2.45) is 4.99 Å². The van der Waals surface area contributed by atoms with Crippen molar-refractivity contribution < 1.29 is 9.32 Å².